The van der Waals surface area contributed by atoms with Gasteiger partial charge in [-0.1, -0.05) is 18.2 Å². The third-order valence-corrected chi connectivity index (χ3v) is 4.50. The van der Waals surface area contributed by atoms with E-state index in [-0.39, 0.29) is 17.7 Å². The highest BCUT2D eigenvalue weighted by Gasteiger charge is 2.35. The molecular weight excluding hydrogens is 278 g/mol. The summed E-state index contributed by atoms with van der Waals surface area (Å²) in [6, 6.07) is 10.3. The molecule has 2 fully saturated rings. The molecule has 1 aromatic carbocycles. The number of benzene rings is 1. The summed E-state index contributed by atoms with van der Waals surface area (Å²) in [5.41, 5.74) is 0.872. The van der Waals surface area contributed by atoms with Crippen molar-refractivity contribution in [1.82, 2.24) is 10.2 Å². The second-order valence-electron chi connectivity index (χ2n) is 6.24. The highest BCUT2D eigenvalue weighted by molar-refractivity contribution is 6.00. The van der Waals surface area contributed by atoms with Crippen molar-refractivity contribution in [3.8, 4) is 0 Å². The predicted molar refractivity (Wildman–Crippen MR) is 85.6 cm³/mol. The third kappa shape index (κ3) is 3.47. The van der Waals surface area contributed by atoms with Crippen molar-refractivity contribution in [1.29, 1.82) is 0 Å². The molecule has 118 valence electrons. The number of para-hydroxylation sites is 1. The van der Waals surface area contributed by atoms with E-state index in [0.717, 1.165) is 12.2 Å². The average molecular weight is 301 g/mol. The molecule has 5 heteroatoms. The summed E-state index contributed by atoms with van der Waals surface area (Å²) in [5, 5.41) is 2.97. The van der Waals surface area contributed by atoms with E-state index in [1.165, 1.54) is 12.8 Å². The van der Waals surface area contributed by atoms with Crippen LogP contribution in [0.25, 0.3) is 0 Å². The third-order valence-electron chi connectivity index (χ3n) is 4.50. The second-order valence-corrected chi connectivity index (χ2v) is 6.24. The van der Waals surface area contributed by atoms with Crippen LogP contribution in [-0.2, 0) is 9.59 Å². The largest absolute Gasteiger partial charge is 0.355 e. The summed E-state index contributed by atoms with van der Waals surface area (Å²) in [4.78, 5) is 28.3. The van der Waals surface area contributed by atoms with E-state index in [1.54, 1.807) is 4.90 Å². The zero-order valence-electron chi connectivity index (χ0n) is 13.0. The lowest BCUT2D eigenvalue weighted by Gasteiger charge is -2.18. The van der Waals surface area contributed by atoms with Crippen LogP contribution < -0.4 is 10.2 Å². The number of carbonyl (C=O) groups is 2. The number of nitrogens with one attached hydrogen (secondary N) is 1. The van der Waals surface area contributed by atoms with E-state index in [2.05, 4.69) is 17.3 Å². The molecule has 2 amide bonds. The van der Waals surface area contributed by atoms with E-state index in [9.17, 15) is 9.59 Å². The number of hydrogen-bond donors (Lipinski definition) is 1. The fraction of sp³-hybridized carbons (Fsp3) is 0.529. The maximum Gasteiger partial charge on any atom is 0.227 e. The van der Waals surface area contributed by atoms with Gasteiger partial charge in [0.1, 0.15) is 0 Å². The normalized spacial score (nSPS) is 21.5. The van der Waals surface area contributed by atoms with Crippen molar-refractivity contribution in [3.05, 3.63) is 30.3 Å². The Morgan fingerprint density at radius 2 is 2.05 bits per heavy atom. The Labute approximate surface area is 131 Å². The number of hydrogen-bond acceptors (Lipinski definition) is 3. The highest BCUT2D eigenvalue weighted by atomic mass is 16.2. The standard InChI is InChI=1S/C17H23N3O2/c1-19(14-7-8-14)10-9-18-17(22)13-11-16(21)20(12-13)15-5-3-2-4-6-15/h2-6,13-14H,7-12H2,1H3,(H,18,22). The van der Waals surface area contributed by atoms with E-state index in [1.807, 2.05) is 30.3 Å². The molecule has 1 aliphatic carbocycles. The van der Waals surface area contributed by atoms with Gasteiger partial charge >= 0.3 is 0 Å². The average Bonchev–Trinajstić information content (AvgIpc) is 3.30. The minimum atomic E-state index is -0.237. The maximum atomic E-state index is 12.2. The number of amides is 2. The zero-order chi connectivity index (χ0) is 15.5. The lowest BCUT2D eigenvalue weighted by Crippen LogP contribution is -2.38. The van der Waals surface area contributed by atoms with Crippen LogP contribution in [0.4, 0.5) is 5.69 Å². The van der Waals surface area contributed by atoms with Crippen molar-refractivity contribution in [2.45, 2.75) is 25.3 Å². The summed E-state index contributed by atoms with van der Waals surface area (Å²) in [6.45, 7) is 2.01. The number of anilines is 1. The van der Waals surface area contributed by atoms with Crippen LogP contribution in [0.15, 0.2) is 30.3 Å². The Hall–Kier alpha value is -1.88. The number of nitrogens with zero attached hydrogens (tertiary/aromatic N) is 2. The molecule has 1 aliphatic heterocycles. The SMILES string of the molecule is CN(CCNC(=O)C1CC(=O)N(c2ccccc2)C1)C1CC1. The Morgan fingerprint density at radius 3 is 2.73 bits per heavy atom. The lowest BCUT2D eigenvalue weighted by atomic mass is 10.1. The highest BCUT2D eigenvalue weighted by Crippen LogP contribution is 2.25. The summed E-state index contributed by atoms with van der Waals surface area (Å²) in [5.74, 6) is -0.212. The van der Waals surface area contributed by atoms with Gasteiger partial charge in [0.2, 0.25) is 11.8 Å². The van der Waals surface area contributed by atoms with E-state index in [0.29, 0.717) is 25.6 Å². The molecule has 1 N–H and O–H groups in total. The first kappa shape index (κ1) is 15.0. The van der Waals surface area contributed by atoms with Crippen LogP contribution in [-0.4, -0.2) is 49.4 Å². The van der Waals surface area contributed by atoms with Crippen LogP contribution in [0.5, 0.6) is 0 Å². The molecule has 1 saturated carbocycles. The fourth-order valence-corrected chi connectivity index (χ4v) is 2.94. The van der Waals surface area contributed by atoms with Crippen molar-refractivity contribution >= 4 is 17.5 Å². The Balaban J connectivity index is 1.48. The minimum Gasteiger partial charge on any atom is -0.355 e. The Morgan fingerprint density at radius 1 is 1.32 bits per heavy atom. The van der Waals surface area contributed by atoms with Gasteiger partial charge in [-0.05, 0) is 32.0 Å². The Kier molecular flexibility index (Phi) is 4.43. The van der Waals surface area contributed by atoms with Crippen molar-refractivity contribution in [3.63, 3.8) is 0 Å². The molecule has 22 heavy (non-hydrogen) atoms. The molecule has 0 aromatic heterocycles. The molecule has 3 rings (SSSR count). The van der Waals surface area contributed by atoms with Crippen LogP contribution in [0.3, 0.4) is 0 Å². The monoisotopic (exact) mass is 301 g/mol. The van der Waals surface area contributed by atoms with E-state index in [4.69, 9.17) is 0 Å². The molecule has 5 nitrogen and oxygen atoms in total. The topological polar surface area (TPSA) is 52.7 Å². The minimum absolute atomic E-state index is 0.00372. The first-order valence-electron chi connectivity index (χ1n) is 7.98. The van der Waals surface area contributed by atoms with Gasteiger partial charge in [-0.3, -0.25) is 9.59 Å². The molecule has 1 aromatic rings. The first-order valence-corrected chi connectivity index (χ1v) is 7.98. The smallest absolute Gasteiger partial charge is 0.227 e. The van der Waals surface area contributed by atoms with Crippen LogP contribution >= 0.6 is 0 Å². The van der Waals surface area contributed by atoms with Gasteiger partial charge in [-0.15, -0.1) is 0 Å². The maximum absolute atomic E-state index is 12.2. The molecular formula is C17H23N3O2. The van der Waals surface area contributed by atoms with Crippen LogP contribution in [0, 0.1) is 5.92 Å². The van der Waals surface area contributed by atoms with Gasteiger partial charge < -0.3 is 15.1 Å². The van der Waals surface area contributed by atoms with Crippen LogP contribution in [0.2, 0.25) is 0 Å². The zero-order valence-corrected chi connectivity index (χ0v) is 13.0. The molecule has 0 radical (unpaired) electrons. The lowest BCUT2D eigenvalue weighted by molar-refractivity contribution is -0.126. The molecule has 2 aliphatic rings. The van der Waals surface area contributed by atoms with Gasteiger partial charge in [0.15, 0.2) is 0 Å². The molecule has 1 atom stereocenters. The van der Waals surface area contributed by atoms with E-state index >= 15 is 0 Å². The number of carbonyl (C=O) groups excluding carboxylic acids is 2. The van der Waals surface area contributed by atoms with Crippen molar-refractivity contribution in [2.75, 3.05) is 31.6 Å². The summed E-state index contributed by atoms with van der Waals surface area (Å²) in [6.07, 6.45) is 2.85. The first-order chi connectivity index (χ1) is 10.6. The molecule has 0 bridgehead atoms. The van der Waals surface area contributed by atoms with Gasteiger partial charge in [0.05, 0.1) is 5.92 Å². The quantitative estimate of drug-likeness (QED) is 0.860. The van der Waals surface area contributed by atoms with Gasteiger partial charge in [0, 0.05) is 37.8 Å². The van der Waals surface area contributed by atoms with Gasteiger partial charge in [-0.2, -0.15) is 0 Å². The molecule has 1 heterocycles. The van der Waals surface area contributed by atoms with Crippen LogP contribution in [0.1, 0.15) is 19.3 Å². The summed E-state index contributed by atoms with van der Waals surface area (Å²) >= 11 is 0. The second kappa shape index (κ2) is 6.48. The molecule has 0 spiro atoms. The fourth-order valence-electron chi connectivity index (χ4n) is 2.94. The Bertz CT molecular complexity index is 542. The van der Waals surface area contributed by atoms with E-state index < -0.39 is 0 Å². The van der Waals surface area contributed by atoms with Crippen molar-refractivity contribution < 1.29 is 9.59 Å². The van der Waals surface area contributed by atoms with Crippen molar-refractivity contribution in [2.24, 2.45) is 5.92 Å². The van der Waals surface area contributed by atoms with Gasteiger partial charge in [0.25, 0.3) is 0 Å². The summed E-state index contributed by atoms with van der Waals surface area (Å²) in [7, 11) is 2.10. The summed E-state index contributed by atoms with van der Waals surface area (Å²) < 4.78 is 0. The molecule has 1 saturated heterocycles. The van der Waals surface area contributed by atoms with Gasteiger partial charge in [-0.25, -0.2) is 0 Å². The number of rotatable bonds is 6. The molecule has 1 unspecified atom stereocenters. The predicted octanol–water partition coefficient (Wildman–Crippen LogP) is 1.25. The number of likely N-dealkylation sites (N-methyl/N-ethyl adjacent to an activating group) is 1.